The van der Waals surface area contributed by atoms with E-state index >= 15 is 0 Å². The van der Waals surface area contributed by atoms with Crippen LogP contribution in [0.15, 0.2) is 328 Å². The van der Waals surface area contributed by atoms with Crippen LogP contribution in [0.3, 0.4) is 0 Å². The molecule has 100 heavy (non-hydrogen) atoms. The number of hydrogen-bond acceptors (Lipinski definition) is 6. The number of anilines is 17. The lowest BCUT2D eigenvalue weighted by molar-refractivity contribution is 0.294. The number of rotatable bonds is 6. The molecule has 1 fully saturated rings. The lowest BCUT2D eigenvalue weighted by atomic mass is 9.27. The first-order valence-electron chi connectivity index (χ1n) is 35.7. The lowest BCUT2D eigenvalue weighted by Gasteiger charge is -2.55. The van der Waals surface area contributed by atoms with Crippen LogP contribution in [0.4, 0.5) is 96.7 Å². The molecule has 0 bridgehead atoms. The molecule has 1 saturated carbocycles. The van der Waals surface area contributed by atoms with Crippen LogP contribution >= 0.6 is 0 Å². The van der Waals surface area contributed by atoms with Gasteiger partial charge in [-0.2, -0.15) is 0 Å². The van der Waals surface area contributed by atoms with Gasteiger partial charge in [-0.25, -0.2) is 0 Å². The molecule has 0 radical (unpaired) electrons. The summed E-state index contributed by atoms with van der Waals surface area (Å²) in [6.07, 6.45) is 2.04. The molecule has 0 N–H and O–H groups in total. The molecule has 1 aromatic heterocycles. The molecule has 7 nitrogen and oxygen atoms in total. The molecule has 7 aliphatic heterocycles. The van der Waals surface area contributed by atoms with Crippen LogP contribution in [0.5, 0.6) is 0 Å². The molecule has 0 spiro atoms. The van der Waals surface area contributed by atoms with Gasteiger partial charge in [0.2, 0.25) is 6.71 Å². The average Bonchev–Trinajstić information content (AvgIpc) is 1.44. The maximum absolute atomic E-state index is 2.98. The highest BCUT2D eigenvalue weighted by molar-refractivity contribution is 7.01. The number of para-hydroxylation sites is 9. The molecule has 4 atom stereocenters. The molecular weight excluding hydrogens is 1210 g/mol. The number of benzene rings is 14. The molecule has 0 amide bonds. The van der Waals surface area contributed by atoms with E-state index in [0.717, 1.165) is 35.6 Å². The quantitative estimate of drug-likeness (QED) is 0.154. The van der Waals surface area contributed by atoms with Gasteiger partial charge < -0.3 is 34.0 Å². The van der Waals surface area contributed by atoms with Crippen molar-refractivity contribution in [2.75, 3.05) is 29.4 Å². The van der Waals surface area contributed by atoms with Crippen molar-refractivity contribution >= 4 is 182 Å². The third-order valence-electron chi connectivity index (χ3n) is 23.9. The monoisotopic (exact) mass is 1270 g/mol. The Morgan fingerprint density at radius 1 is 0.280 bits per heavy atom. The zero-order valence-corrected chi connectivity index (χ0v) is 54.8. The Balaban J connectivity index is 0.861. The molecule has 4 unspecified atom stereocenters. The maximum atomic E-state index is 2.98. The van der Waals surface area contributed by atoms with Crippen molar-refractivity contribution < 1.29 is 0 Å². The molecule has 8 heterocycles. The van der Waals surface area contributed by atoms with Gasteiger partial charge in [-0.15, -0.1) is 0 Å². The minimum absolute atomic E-state index is 0.0487. The summed E-state index contributed by atoms with van der Waals surface area (Å²) in [5.41, 5.74) is 35.7. The van der Waals surface area contributed by atoms with E-state index in [4.69, 9.17) is 0 Å². The minimum atomic E-state index is -0.0982. The smallest absolute Gasteiger partial charge is 0.252 e. The van der Waals surface area contributed by atoms with Crippen LogP contribution < -0.4 is 73.1 Å². The molecule has 466 valence electrons. The van der Waals surface area contributed by atoms with E-state index in [1.165, 1.54) is 145 Å². The summed E-state index contributed by atoms with van der Waals surface area (Å²) >= 11 is 0. The third-order valence-corrected chi connectivity index (χ3v) is 23.9. The average molecular weight is 1270 g/mol. The van der Waals surface area contributed by atoms with Crippen molar-refractivity contribution in [3.05, 3.63) is 333 Å². The van der Waals surface area contributed by atoms with E-state index < -0.39 is 0 Å². The second-order valence-electron chi connectivity index (χ2n) is 28.4. The SMILES string of the molecule is c1ccc(N2c3ccccc3B3c4cc5c6c(c4N(c4ccccc4)c4cccc2c43)c2ccc3c(c2n6C2CCC4B6c7ccccc7N(c7ccccc7)c7cccc(c76)N(c6ccccc6)C4C52)N(c2ccccc2)c2cccc4c2B3c2ccccc2N4c2ccccc2)cc1. The van der Waals surface area contributed by atoms with Crippen LogP contribution in [0.2, 0.25) is 5.82 Å². The van der Waals surface area contributed by atoms with Gasteiger partial charge in [0, 0.05) is 114 Å². The van der Waals surface area contributed by atoms with Gasteiger partial charge >= 0.3 is 0 Å². The fourth-order valence-corrected chi connectivity index (χ4v) is 20.5. The topological polar surface area (TPSA) is 24.4 Å². The highest BCUT2D eigenvalue weighted by atomic mass is 15.3. The van der Waals surface area contributed by atoms with Gasteiger partial charge in [-0.05, 0) is 183 Å². The standard InChI is InChI=1S/C90H62B3N7/c1-7-28-57(29-8-1)94-71-43-22-19-40-65(71)91-68-54-55-74-81(88(68)97(60-34-13-4-14-35-60)78-49-25-46-75(94)83(78)91)64-56-70-89(98(61-36-15-5-16-37-61)79-50-26-48-77-85(79)93(70)67-42-21-24-45-73(67)96(77)59-32-11-3-12-33-59)82-63-52-53-69-90(87(63)100(74)86(64)82)99(62-38-17-6-18-39-62)80-51-27-47-76-84(80)92(69)66-41-20-23-44-72(66)95(76)58-30-9-2-10-31-58/h1-53,56,68,74,81,88H,54-55H2. The summed E-state index contributed by atoms with van der Waals surface area (Å²) in [5.74, 6) is 0.299. The fourth-order valence-electron chi connectivity index (χ4n) is 20.5. The molecule has 1 aliphatic carbocycles. The fraction of sp³-hybridized carbons (Fsp3) is 0.0667. The van der Waals surface area contributed by atoms with Crippen LogP contribution in [0.25, 0.3) is 21.8 Å². The number of nitrogens with zero attached hydrogens (tertiary/aromatic N) is 7. The Kier molecular flexibility index (Phi) is 11.4. The summed E-state index contributed by atoms with van der Waals surface area (Å²) in [6, 6.07) is 125. The Bertz CT molecular complexity index is 5920. The van der Waals surface area contributed by atoms with Crippen molar-refractivity contribution in [1.82, 2.24) is 4.57 Å². The van der Waals surface area contributed by atoms with Crippen molar-refractivity contribution in [3.63, 3.8) is 0 Å². The van der Waals surface area contributed by atoms with Gasteiger partial charge in [-0.3, -0.25) is 0 Å². The summed E-state index contributed by atoms with van der Waals surface area (Å²) < 4.78 is 2.98. The van der Waals surface area contributed by atoms with Crippen LogP contribution in [0, 0.1) is 0 Å². The summed E-state index contributed by atoms with van der Waals surface area (Å²) in [7, 11) is 0. The number of fused-ring (bicyclic) bond motifs is 21. The van der Waals surface area contributed by atoms with Gasteiger partial charge in [0.1, 0.15) is 0 Å². The van der Waals surface area contributed by atoms with Crippen molar-refractivity contribution in [2.45, 2.75) is 36.7 Å². The minimum Gasteiger partial charge on any atom is -0.338 e. The number of hydrogen-bond donors (Lipinski definition) is 0. The Hall–Kier alpha value is -12.1. The molecule has 15 aromatic rings. The molecule has 10 heteroatoms. The normalized spacial score (nSPS) is 17.9. The Morgan fingerprint density at radius 2 is 0.670 bits per heavy atom. The molecule has 8 aliphatic rings. The van der Waals surface area contributed by atoms with Gasteiger partial charge in [0.05, 0.1) is 22.4 Å². The van der Waals surface area contributed by atoms with E-state index in [0.29, 0.717) is 0 Å². The molecule has 23 rings (SSSR count). The third kappa shape index (κ3) is 7.21. The van der Waals surface area contributed by atoms with E-state index in [-0.39, 0.29) is 44.0 Å². The van der Waals surface area contributed by atoms with E-state index in [2.05, 4.69) is 362 Å². The lowest BCUT2D eigenvalue weighted by Crippen LogP contribution is -2.64. The summed E-state index contributed by atoms with van der Waals surface area (Å²) in [4.78, 5) is 15.8. The van der Waals surface area contributed by atoms with Gasteiger partial charge in [-0.1, -0.05) is 212 Å². The summed E-state index contributed by atoms with van der Waals surface area (Å²) in [6.45, 7) is -0.0197. The van der Waals surface area contributed by atoms with Crippen LogP contribution in [0.1, 0.15) is 30.4 Å². The molecular formula is C90H62B3N7. The molecule has 0 saturated heterocycles. The van der Waals surface area contributed by atoms with Gasteiger partial charge in [0.25, 0.3) is 13.4 Å². The molecule has 14 aromatic carbocycles. The first kappa shape index (κ1) is 54.9. The highest BCUT2D eigenvalue weighted by Gasteiger charge is 2.59. The van der Waals surface area contributed by atoms with Crippen LogP contribution in [-0.2, 0) is 0 Å². The largest absolute Gasteiger partial charge is 0.338 e. The summed E-state index contributed by atoms with van der Waals surface area (Å²) in [5, 5.41) is 2.62. The first-order chi connectivity index (χ1) is 49.7. The highest BCUT2D eigenvalue weighted by Crippen LogP contribution is 2.64. The Morgan fingerprint density at radius 3 is 1.18 bits per heavy atom. The van der Waals surface area contributed by atoms with Crippen LogP contribution in [-0.4, -0.2) is 30.7 Å². The van der Waals surface area contributed by atoms with Crippen molar-refractivity contribution in [3.8, 4) is 0 Å². The zero-order chi connectivity index (χ0) is 65.0. The predicted octanol–water partition coefficient (Wildman–Crippen LogP) is 17.4. The zero-order valence-electron chi connectivity index (χ0n) is 54.8. The second-order valence-corrected chi connectivity index (χ2v) is 28.4. The maximum Gasteiger partial charge on any atom is 0.252 e. The van der Waals surface area contributed by atoms with E-state index in [9.17, 15) is 0 Å². The first-order valence-corrected chi connectivity index (χ1v) is 35.7. The Labute approximate surface area is 582 Å². The number of aromatic nitrogens is 1. The van der Waals surface area contributed by atoms with Crippen molar-refractivity contribution in [1.29, 1.82) is 0 Å². The van der Waals surface area contributed by atoms with Gasteiger partial charge in [0.15, 0.2) is 0 Å². The van der Waals surface area contributed by atoms with E-state index in [1.807, 2.05) is 0 Å². The predicted molar refractivity (Wildman–Crippen MR) is 421 cm³/mol. The van der Waals surface area contributed by atoms with E-state index in [1.54, 1.807) is 0 Å². The van der Waals surface area contributed by atoms with Crippen molar-refractivity contribution in [2.24, 2.45) is 0 Å². The second kappa shape index (κ2) is 20.7.